The van der Waals surface area contributed by atoms with Gasteiger partial charge in [-0.3, -0.25) is 0 Å². The van der Waals surface area contributed by atoms with Crippen molar-refractivity contribution >= 4 is 5.69 Å². The second-order valence-corrected chi connectivity index (χ2v) is 3.83. The van der Waals surface area contributed by atoms with Crippen LogP contribution in [0.15, 0.2) is 18.3 Å². The van der Waals surface area contributed by atoms with E-state index in [9.17, 15) is 0 Å². The summed E-state index contributed by atoms with van der Waals surface area (Å²) in [6, 6.07) is 3.62. The molecule has 0 spiro atoms. The van der Waals surface area contributed by atoms with E-state index in [-0.39, 0.29) is 0 Å². The Morgan fingerprint density at radius 1 is 1.50 bits per heavy atom. The molecule has 1 heterocycles. The minimum atomic E-state index is 0.576. The molecule has 1 aromatic heterocycles. The first-order chi connectivity index (χ1) is 6.86. The van der Waals surface area contributed by atoms with Crippen LogP contribution in [-0.2, 0) is 0 Å². The first kappa shape index (κ1) is 9.31. The monoisotopic (exact) mass is 192 g/mol. The molecular weight excluding hydrogens is 176 g/mol. The van der Waals surface area contributed by atoms with Crippen LogP contribution in [0.5, 0.6) is 5.88 Å². The summed E-state index contributed by atoms with van der Waals surface area (Å²) in [6.45, 7) is 0.742. The fourth-order valence-corrected chi connectivity index (χ4v) is 1.63. The number of nitrogen functional groups attached to an aromatic ring is 1. The molecule has 0 amide bonds. The molecule has 0 aliphatic heterocycles. The van der Waals surface area contributed by atoms with E-state index in [0.717, 1.165) is 18.9 Å². The van der Waals surface area contributed by atoms with Gasteiger partial charge >= 0.3 is 0 Å². The van der Waals surface area contributed by atoms with Crippen LogP contribution in [-0.4, -0.2) is 11.6 Å². The lowest BCUT2D eigenvalue weighted by atomic mass is 9.83. The van der Waals surface area contributed by atoms with Crippen molar-refractivity contribution in [3.05, 3.63) is 18.3 Å². The lowest BCUT2D eigenvalue weighted by Gasteiger charge is -2.24. The summed E-state index contributed by atoms with van der Waals surface area (Å²) in [6.07, 6.45) is 6.95. The number of hydrogen-bond donors (Lipinski definition) is 1. The van der Waals surface area contributed by atoms with Gasteiger partial charge in [-0.1, -0.05) is 19.3 Å². The molecule has 3 heteroatoms. The number of hydrogen-bond acceptors (Lipinski definition) is 3. The largest absolute Gasteiger partial charge is 0.476 e. The van der Waals surface area contributed by atoms with E-state index in [1.165, 1.54) is 19.3 Å². The molecule has 3 nitrogen and oxygen atoms in total. The SMILES string of the molecule is Nc1cccnc1OCCC1CCC1. The van der Waals surface area contributed by atoms with E-state index in [2.05, 4.69) is 4.98 Å². The number of nitrogens with zero attached hydrogens (tertiary/aromatic N) is 1. The van der Waals surface area contributed by atoms with Crippen LogP contribution >= 0.6 is 0 Å². The molecule has 14 heavy (non-hydrogen) atoms. The van der Waals surface area contributed by atoms with Gasteiger partial charge < -0.3 is 10.5 Å². The Bertz CT molecular complexity index is 297. The summed E-state index contributed by atoms with van der Waals surface area (Å²) in [5.41, 5.74) is 6.32. The second-order valence-electron chi connectivity index (χ2n) is 3.83. The van der Waals surface area contributed by atoms with Gasteiger partial charge in [-0.15, -0.1) is 0 Å². The van der Waals surface area contributed by atoms with Gasteiger partial charge in [0.25, 0.3) is 0 Å². The van der Waals surface area contributed by atoms with Crippen molar-refractivity contribution in [2.24, 2.45) is 5.92 Å². The van der Waals surface area contributed by atoms with E-state index in [1.807, 2.05) is 12.1 Å². The Kier molecular flexibility index (Phi) is 2.87. The summed E-state index contributed by atoms with van der Waals surface area (Å²) in [7, 11) is 0. The highest BCUT2D eigenvalue weighted by molar-refractivity contribution is 5.46. The van der Waals surface area contributed by atoms with Gasteiger partial charge in [0.1, 0.15) is 0 Å². The number of aromatic nitrogens is 1. The molecule has 0 saturated heterocycles. The van der Waals surface area contributed by atoms with E-state index in [1.54, 1.807) is 6.20 Å². The van der Waals surface area contributed by atoms with Crippen molar-refractivity contribution in [3.63, 3.8) is 0 Å². The number of pyridine rings is 1. The van der Waals surface area contributed by atoms with Crippen molar-refractivity contribution < 1.29 is 4.74 Å². The highest BCUT2D eigenvalue weighted by Gasteiger charge is 2.17. The smallest absolute Gasteiger partial charge is 0.237 e. The molecule has 1 aliphatic carbocycles. The zero-order valence-electron chi connectivity index (χ0n) is 8.28. The van der Waals surface area contributed by atoms with Crippen LogP contribution in [0.25, 0.3) is 0 Å². The molecule has 0 bridgehead atoms. The maximum absolute atomic E-state index is 5.70. The average molecular weight is 192 g/mol. The molecule has 0 atom stereocenters. The lowest BCUT2D eigenvalue weighted by molar-refractivity contribution is 0.218. The highest BCUT2D eigenvalue weighted by atomic mass is 16.5. The second kappa shape index (κ2) is 4.31. The Morgan fingerprint density at radius 3 is 3.00 bits per heavy atom. The molecular formula is C11H16N2O. The van der Waals surface area contributed by atoms with Crippen molar-refractivity contribution in [3.8, 4) is 5.88 Å². The van der Waals surface area contributed by atoms with Crippen molar-refractivity contribution in [1.29, 1.82) is 0 Å². The molecule has 0 unspecified atom stereocenters. The normalized spacial score (nSPS) is 16.3. The third kappa shape index (κ3) is 2.16. The fraction of sp³-hybridized carbons (Fsp3) is 0.545. The highest BCUT2D eigenvalue weighted by Crippen LogP contribution is 2.29. The molecule has 1 aliphatic rings. The minimum absolute atomic E-state index is 0.576. The van der Waals surface area contributed by atoms with Gasteiger partial charge in [0.2, 0.25) is 5.88 Å². The Hall–Kier alpha value is -1.25. The predicted octanol–water partition coefficient (Wildman–Crippen LogP) is 2.23. The van der Waals surface area contributed by atoms with Gasteiger partial charge in [0, 0.05) is 6.20 Å². The van der Waals surface area contributed by atoms with Gasteiger partial charge in [-0.05, 0) is 24.5 Å². The molecule has 2 N–H and O–H groups in total. The van der Waals surface area contributed by atoms with Crippen LogP contribution in [0.2, 0.25) is 0 Å². The standard InChI is InChI=1S/C11H16N2O/c12-10-5-2-7-13-11(10)14-8-6-9-3-1-4-9/h2,5,7,9H,1,3-4,6,8,12H2. The van der Waals surface area contributed by atoms with E-state index < -0.39 is 0 Å². The molecule has 2 rings (SSSR count). The molecule has 1 fully saturated rings. The fourth-order valence-electron chi connectivity index (χ4n) is 1.63. The third-order valence-electron chi connectivity index (χ3n) is 2.79. The Balaban J connectivity index is 1.76. The summed E-state index contributed by atoms with van der Waals surface area (Å²) in [5.74, 6) is 1.45. The number of ether oxygens (including phenoxy) is 1. The topological polar surface area (TPSA) is 48.1 Å². The van der Waals surface area contributed by atoms with Gasteiger partial charge in [0.15, 0.2) is 0 Å². The van der Waals surface area contributed by atoms with Crippen LogP contribution in [0.3, 0.4) is 0 Å². The summed E-state index contributed by atoms with van der Waals surface area (Å²) < 4.78 is 5.51. The summed E-state index contributed by atoms with van der Waals surface area (Å²) >= 11 is 0. The van der Waals surface area contributed by atoms with E-state index in [4.69, 9.17) is 10.5 Å². The van der Waals surface area contributed by atoms with Crippen LogP contribution < -0.4 is 10.5 Å². The first-order valence-corrected chi connectivity index (χ1v) is 5.19. The number of nitrogens with two attached hydrogens (primary N) is 1. The third-order valence-corrected chi connectivity index (χ3v) is 2.79. The Morgan fingerprint density at radius 2 is 2.36 bits per heavy atom. The maximum Gasteiger partial charge on any atom is 0.237 e. The van der Waals surface area contributed by atoms with Crippen molar-refractivity contribution in [2.75, 3.05) is 12.3 Å². The molecule has 0 radical (unpaired) electrons. The van der Waals surface area contributed by atoms with Gasteiger partial charge in [0.05, 0.1) is 12.3 Å². The summed E-state index contributed by atoms with van der Waals surface area (Å²) in [5, 5.41) is 0. The molecule has 76 valence electrons. The van der Waals surface area contributed by atoms with Crippen molar-refractivity contribution in [1.82, 2.24) is 4.98 Å². The predicted molar refractivity (Wildman–Crippen MR) is 56.1 cm³/mol. The molecule has 1 saturated carbocycles. The average Bonchev–Trinajstić information content (AvgIpc) is 2.12. The van der Waals surface area contributed by atoms with Gasteiger partial charge in [-0.2, -0.15) is 0 Å². The quantitative estimate of drug-likeness (QED) is 0.795. The minimum Gasteiger partial charge on any atom is -0.476 e. The lowest BCUT2D eigenvalue weighted by Crippen LogP contribution is -2.15. The zero-order chi connectivity index (χ0) is 9.80. The Labute approximate surface area is 84.3 Å². The van der Waals surface area contributed by atoms with Gasteiger partial charge in [-0.25, -0.2) is 4.98 Å². The van der Waals surface area contributed by atoms with Crippen LogP contribution in [0.1, 0.15) is 25.7 Å². The van der Waals surface area contributed by atoms with Crippen LogP contribution in [0.4, 0.5) is 5.69 Å². The van der Waals surface area contributed by atoms with Crippen LogP contribution in [0, 0.1) is 5.92 Å². The first-order valence-electron chi connectivity index (χ1n) is 5.19. The zero-order valence-corrected chi connectivity index (χ0v) is 8.28. The van der Waals surface area contributed by atoms with Crippen molar-refractivity contribution in [2.45, 2.75) is 25.7 Å². The van der Waals surface area contributed by atoms with E-state index in [0.29, 0.717) is 11.6 Å². The summed E-state index contributed by atoms with van der Waals surface area (Å²) in [4.78, 5) is 4.07. The van der Waals surface area contributed by atoms with E-state index >= 15 is 0 Å². The number of anilines is 1. The maximum atomic E-state index is 5.70. The number of rotatable bonds is 4. The molecule has 1 aromatic rings. The molecule has 0 aromatic carbocycles.